The normalized spacial score (nSPS) is 13.0. The number of aromatic nitrogens is 3. The number of ether oxygens (including phenoxy) is 2. The molecule has 0 aliphatic carbocycles. The summed E-state index contributed by atoms with van der Waals surface area (Å²) in [6, 6.07) is 7.35. The number of fused-ring (bicyclic) bond motifs is 1. The largest absolute Gasteiger partial charge is 0.497 e. The van der Waals surface area contributed by atoms with Gasteiger partial charge in [-0.05, 0) is 24.1 Å². The fourth-order valence-electron chi connectivity index (χ4n) is 3.56. The van der Waals surface area contributed by atoms with Gasteiger partial charge in [0.05, 0.1) is 36.7 Å². The van der Waals surface area contributed by atoms with Gasteiger partial charge in [0, 0.05) is 30.9 Å². The van der Waals surface area contributed by atoms with E-state index in [9.17, 15) is 10.1 Å². The minimum Gasteiger partial charge on any atom is -0.497 e. The zero-order valence-corrected chi connectivity index (χ0v) is 17.6. The Morgan fingerprint density at radius 2 is 1.94 bits per heavy atom. The maximum Gasteiger partial charge on any atom is 0.246 e. The van der Waals surface area contributed by atoms with Gasteiger partial charge in [-0.15, -0.1) is 0 Å². The van der Waals surface area contributed by atoms with Crippen molar-refractivity contribution in [2.24, 2.45) is 0 Å². The van der Waals surface area contributed by atoms with Crippen LogP contribution >= 0.6 is 0 Å². The van der Waals surface area contributed by atoms with Crippen LogP contribution in [0.15, 0.2) is 37.1 Å². The van der Waals surface area contributed by atoms with Crippen molar-refractivity contribution < 1.29 is 14.3 Å². The Balaban J connectivity index is 1.81. The number of nitrogens with two attached hydrogens (primary N) is 1. The lowest BCUT2D eigenvalue weighted by molar-refractivity contribution is -0.131. The maximum absolute atomic E-state index is 11.8. The predicted octanol–water partition coefficient (Wildman–Crippen LogP) is 1.87. The second kappa shape index (κ2) is 8.32. The summed E-state index contributed by atoms with van der Waals surface area (Å²) in [5, 5.41) is 14.8. The van der Waals surface area contributed by atoms with Crippen LogP contribution in [0, 0.1) is 23.2 Å². The van der Waals surface area contributed by atoms with E-state index < -0.39 is 0 Å². The van der Waals surface area contributed by atoms with Crippen LogP contribution in [0.3, 0.4) is 0 Å². The molecule has 0 radical (unpaired) electrons. The average Bonchev–Trinajstić information content (AvgIpc) is 3.16. The molecule has 4 rings (SSSR count). The van der Waals surface area contributed by atoms with Crippen LogP contribution in [0.5, 0.6) is 11.5 Å². The molecule has 9 nitrogen and oxygen atoms in total. The highest BCUT2D eigenvalue weighted by molar-refractivity contribution is 5.96. The molecule has 0 spiro atoms. The number of carbonyl (C=O) groups is 1. The van der Waals surface area contributed by atoms with Crippen molar-refractivity contribution in [3.63, 3.8) is 0 Å². The van der Waals surface area contributed by atoms with Crippen molar-refractivity contribution in [3.8, 4) is 29.4 Å². The van der Waals surface area contributed by atoms with Gasteiger partial charge in [-0.2, -0.15) is 10.4 Å². The van der Waals surface area contributed by atoms with E-state index in [4.69, 9.17) is 15.2 Å². The number of amides is 1. The average molecular weight is 428 g/mol. The Hall–Kier alpha value is -4.50. The molecular weight excluding hydrogens is 408 g/mol. The second-order valence-corrected chi connectivity index (χ2v) is 7.14. The van der Waals surface area contributed by atoms with Crippen molar-refractivity contribution >= 4 is 22.6 Å². The summed E-state index contributed by atoms with van der Waals surface area (Å²) in [7, 11) is 3.13. The third-order valence-electron chi connectivity index (χ3n) is 5.25. The van der Waals surface area contributed by atoms with Crippen LogP contribution in [0.4, 0.5) is 5.82 Å². The first-order chi connectivity index (χ1) is 15.5. The highest BCUT2D eigenvalue weighted by Crippen LogP contribution is 2.32. The molecule has 2 N–H and O–H groups in total. The number of anilines is 1. The van der Waals surface area contributed by atoms with E-state index in [0.717, 1.165) is 0 Å². The van der Waals surface area contributed by atoms with E-state index in [1.165, 1.54) is 12.3 Å². The minimum atomic E-state index is -0.147. The number of nitrogen functional groups attached to an aromatic ring is 1. The Morgan fingerprint density at radius 3 is 2.53 bits per heavy atom. The van der Waals surface area contributed by atoms with Gasteiger partial charge in [-0.3, -0.25) is 9.48 Å². The fourth-order valence-corrected chi connectivity index (χ4v) is 3.56. The summed E-state index contributed by atoms with van der Waals surface area (Å²) in [6.45, 7) is 4.42. The van der Waals surface area contributed by atoms with E-state index >= 15 is 0 Å². The van der Waals surface area contributed by atoms with Crippen molar-refractivity contribution in [1.29, 1.82) is 5.26 Å². The Morgan fingerprint density at radius 1 is 1.25 bits per heavy atom. The number of rotatable bonds is 4. The third-order valence-corrected chi connectivity index (χ3v) is 5.25. The summed E-state index contributed by atoms with van der Waals surface area (Å²) in [6.07, 6.45) is 2.70. The molecule has 3 aromatic rings. The Bertz CT molecular complexity index is 1310. The van der Waals surface area contributed by atoms with Crippen LogP contribution in [-0.2, 0) is 4.79 Å². The molecule has 9 heteroatoms. The molecule has 1 aliphatic heterocycles. The number of hydrogen-bond acceptors (Lipinski definition) is 7. The summed E-state index contributed by atoms with van der Waals surface area (Å²) < 4.78 is 12.3. The molecule has 0 saturated carbocycles. The van der Waals surface area contributed by atoms with E-state index in [1.807, 2.05) is 0 Å². The minimum absolute atomic E-state index is 0.109. The number of likely N-dealkylation sites (tertiary alicyclic amines) is 1. The zero-order chi connectivity index (χ0) is 22.8. The van der Waals surface area contributed by atoms with Crippen LogP contribution in [-0.4, -0.2) is 52.9 Å². The van der Waals surface area contributed by atoms with Crippen LogP contribution in [0.1, 0.15) is 22.9 Å². The van der Waals surface area contributed by atoms with Crippen molar-refractivity contribution in [2.75, 3.05) is 33.0 Å². The van der Waals surface area contributed by atoms with Crippen molar-refractivity contribution in [3.05, 3.63) is 53.9 Å². The van der Waals surface area contributed by atoms with Gasteiger partial charge in [0.1, 0.15) is 29.1 Å². The second-order valence-electron chi connectivity index (χ2n) is 7.14. The first-order valence-corrected chi connectivity index (χ1v) is 9.72. The van der Waals surface area contributed by atoms with E-state index in [1.54, 1.807) is 42.0 Å². The van der Waals surface area contributed by atoms with Gasteiger partial charge in [0.15, 0.2) is 0 Å². The molecule has 1 amide bonds. The Labute approximate surface area is 184 Å². The highest BCUT2D eigenvalue weighted by atomic mass is 16.5. The number of methoxy groups -OCH3 is 2. The molecule has 1 aliphatic rings. The van der Waals surface area contributed by atoms with E-state index in [0.29, 0.717) is 52.3 Å². The van der Waals surface area contributed by atoms with E-state index in [2.05, 4.69) is 34.6 Å². The number of hydrogen-bond donors (Lipinski definition) is 1. The van der Waals surface area contributed by atoms with Gasteiger partial charge >= 0.3 is 0 Å². The monoisotopic (exact) mass is 428 g/mol. The maximum atomic E-state index is 11.8. The molecule has 1 saturated heterocycles. The number of nitriles is 1. The zero-order valence-electron chi connectivity index (χ0n) is 17.6. The molecule has 1 aromatic carbocycles. The van der Waals surface area contributed by atoms with Crippen LogP contribution in [0.2, 0.25) is 0 Å². The molecule has 3 heterocycles. The lowest BCUT2D eigenvalue weighted by Gasteiger charge is -2.38. The fraction of sp³-hybridized carbons (Fsp3) is 0.217. The van der Waals surface area contributed by atoms with Crippen molar-refractivity contribution in [1.82, 2.24) is 19.7 Å². The number of pyridine rings is 1. The summed E-state index contributed by atoms with van der Waals surface area (Å²) in [5.74, 6) is 7.41. The van der Waals surface area contributed by atoms with Crippen LogP contribution < -0.4 is 15.2 Å². The lowest BCUT2D eigenvalue weighted by atomic mass is 10.1. The third kappa shape index (κ3) is 3.57. The number of carbonyl (C=O) groups excluding carboxylic acids is 1. The summed E-state index contributed by atoms with van der Waals surface area (Å²) >= 11 is 0. The first kappa shape index (κ1) is 20.8. The van der Waals surface area contributed by atoms with Gasteiger partial charge in [0.25, 0.3) is 0 Å². The Kier molecular flexibility index (Phi) is 5.40. The quantitative estimate of drug-likeness (QED) is 0.498. The molecule has 0 bridgehead atoms. The van der Waals surface area contributed by atoms with Crippen molar-refractivity contribution in [2.45, 2.75) is 6.04 Å². The highest BCUT2D eigenvalue weighted by Gasteiger charge is 2.33. The van der Waals surface area contributed by atoms with Gasteiger partial charge < -0.3 is 20.1 Å². The summed E-state index contributed by atoms with van der Waals surface area (Å²) in [5.41, 5.74) is 8.11. The van der Waals surface area contributed by atoms with Gasteiger partial charge in [0.2, 0.25) is 5.91 Å². The number of nitrogens with zero attached hydrogens (tertiary/aromatic N) is 5. The standard InChI is InChI=1S/C23H20N6O3/c1-4-20(30)28-12-16(13-28)29-22-15(10-24)11-26-23(25)21(22)19(27-29)6-5-14-7-17(31-2)9-18(8-14)32-3/h4,7-9,11,16H,1,12-13H2,2-3H3,(H2,25,26). The molecule has 160 valence electrons. The summed E-state index contributed by atoms with van der Waals surface area (Å²) in [4.78, 5) is 17.6. The predicted molar refractivity (Wildman–Crippen MR) is 118 cm³/mol. The first-order valence-electron chi connectivity index (χ1n) is 9.72. The molecule has 2 aromatic heterocycles. The molecule has 1 fully saturated rings. The van der Waals surface area contributed by atoms with Gasteiger partial charge in [-0.25, -0.2) is 4.98 Å². The SMILES string of the molecule is C=CC(=O)N1CC(n2nc(C#Cc3cc(OC)cc(OC)c3)c3c(N)ncc(C#N)c32)C1. The molecular formula is C23H20N6O3. The lowest BCUT2D eigenvalue weighted by Crippen LogP contribution is -2.50. The smallest absolute Gasteiger partial charge is 0.246 e. The number of benzene rings is 1. The van der Waals surface area contributed by atoms with E-state index in [-0.39, 0.29) is 17.8 Å². The van der Waals surface area contributed by atoms with Gasteiger partial charge in [-0.1, -0.05) is 12.5 Å². The molecule has 0 unspecified atom stereocenters. The van der Waals surface area contributed by atoms with Crippen LogP contribution in [0.25, 0.3) is 10.9 Å². The molecule has 32 heavy (non-hydrogen) atoms. The topological polar surface area (TPSA) is 119 Å². The molecule has 0 atom stereocenters.